The predicted molar refractivity (Wildman–Crippen MR) is 74.5 cm³/mol. The Bertz CT molecular complexity index is 566. The van der Waals surface area contributed by atoms with Gasteiger partial charge in [0.25, 0.3) is 0 Å². The first-order valence-electron chi connectivity index (χ1n) is 6.90. The molecule has 1 N–H and O–H groups in total. The molecule has 1 aromatic rings. The van der Waals surface area contributed by atoms with Crippen LogP contribution in [0.2, 0.25) is 0 Å². The fourth-order valence-electron chi connectivity index (χ4n) is 3.02. The van der Waals surface area contributed by atoms with Gasteiger partial charge in [0, 0.05) is 18.7 Å². The van der Waals surface area contributed by atoms with Gasteiger partial charge in [0.15, 0.2) is 0 Å². The predicted octanol–water partition coefficient (Wildman–Crippen LogP) is 2.43. The lowest BCUT2D eigenvalue weighted by Crippen LogP contribution is -2.32. The largest absolute Gasteiger partial charge is 0.326 e. The van der Waals surface area contributed by atoms with E-state index in [0.717, 1.165) is 36.3 Å². The van der Waals surface area contributed by atoms with Gasteiger partial charge in [0.1, 0.15) is 0 Å². The van der Waals surface area contributed by atoms with E-state index < -0.39 is 0 Å². The van der Waals surface area contributed by atoms with Crippen LogP contribution in [-0.4, -0.2) is 18.4 Å². The Hall–Kier alpha value is -1.84. The number of anilines is 2. The smallest absolute Gasteiger partial charge is 0.234 e. The average molecular weight is 258 g/mol. The van der Waals surface area contributed by atoms with E-state index in [1.807, 2.05) is 30.9 Å². The van der Waals surface area contributed by atoms with Gasteiger partial charge in [-0.25, -0.2) is 0 Å². The number of benzene rings is 1. The summed E-state index contributed by atoms with van der Waals surface area (Å²) in [5, 5.41) is 2.90. The van der Waals surface area contributed by atoms with E-state index in [2.05, 4.69) is 5.32 Å². The van der Waals surface area contributed by atoms with E-state index >= 15 is 0 Å². The molecular formula is C15H18N2O2. The summed E-state index contributed by atoms with van der Waals surface area (Å²) in [6.07, 6.45) is 2.44. The third-order valence-corrected chi connectivity index (χ3v) is 4.02. The number of rotatable bonds is 2. The molecule has 0 bridgehead atoms. The molecule has 1 aromatic carbocycles. The van der Waals surface area contributed by atoms with Crippen LogP contribution in [0.15, 0.2) is 12.1 Å². The van der Waals surface area contributed by atoms with Crippen LogP contribution in [0, 0.1) is 0 Å². The van der Waals surface area contributed by atoms with E-state index in [4.69, 9.17) is 0 Å². The molecular weight excluding hydrogens is 240 g/mol. The van der Waals surface area contributed by atoms with Gasteiger partial charge in [0.2, 0.25) is 11.8 Å². The minimum absolute atomic E-state index is 0.0109. The number of nitrogens with zero attached hydrogens (tertiary/aromatic N) is 1. The highest BCUT2D eigenvalue weighted by Gasteiger charge is 2.37. The topological polar surface area (TPSA) is 49.4 Å². The average Bonchev–Trinajstić information content (AvgIpc) is 2.66. The summed E-state index contributed by atoms with van der Waals surface area (Å²) in [6, 6.07) is 3.98. The molecule has 0 radical (unpaired) electrons. The second kappa shape index (κ2) is 4.37. The highest BCUT2D eigenvalue weighted by Crippen LogP contribution is 2.44. The summed E-state index contributed by atoms with van der Waals surface area (Å²) in [5.74, 6) is 0.108. The van der Waals surface area contributed by atoms with Crippen molar-refractivity contribution in [2.45, 2.75) is 39.0 Å². The number of hydrogen-bond acceptors (Lipinski definition) is 2. The van der Waals surface area contributed by atoms with E-state index in [-0.39, 0.29) is 17.7 Å². The quantitative estimate of drug-likeness (QED) is 0.885. The molecule has 2 aliphatic heterocycles. The maximum Gasteiger partial charge on any atom is 0.234 e. The molecule has 0 saturated carbocycles. The molecule has 0 fully saturated rings. The molecule has 0 unspecified atom stereocenters. The standard InChI is InChI=1S/C15H18N2O2/c1-3-13(18)16-11-7-10-5-4-6-17-14(10)12(8-11)9(2)15(17)19/h7-9H,3-6H2,1-2H3,(H,16,18)/t9-/m1/s1. The maximum atomic E-state index is 12.2. The summed E-state index contributed by atoms with van der Waals surface area (Å²) in [6.45, 7) is 4.60. The Kier molecular flexibility index (Phi) is 2.81. The molecule has 1 atom stereocenters. The van der Waals surface area contributed by atoms with Crippen molar-refractivity contribution in [1.29, 1.82) is 0 Å². The van der Waals surface area contributed by atoms with Gasteiger partial charge in [0.05, 0.1) is 11.6 Å². The zero-order valence-electron chi connectivity index (χ0n) is 11.3. The molecule has 100 valence electrons. The normalized spacial score (nSPS) is 20.4. The van der Waals surface area contributed by atoms with Crippen molar-refractivity contribution in [3.63, 3.8) is 0 Å². The van der Waals surface area contributed by atoms with Crippen LogP contribution >= 0.6 is 0 Å². The van der Waals surface area contributed by atoms with E-state index in [9.17, 15) is 9.59 Å². The van der Waals surface area contributed by atoms with E-state index in [0.29, 0.717) is 6.42 Å². The number of carbonyl (C=O) groups excluding carboxylic acids is 2. The third kappa shape index (κ3) is 1.82. The summed E-state index contributed by atoms with van der Waals surface area (Å²) in [5.41, 5.74) is 4.17. The Morgan fingerprint density at radius 1 is 1.47 bits per heavy atom. The summed E-state index contributed by atoms with van der Waals surface area (Å²) in [4.78, 5) is 25.6. The molecule has 2 aliphatic rings. The fourth-order valence-corrected chi connectivity index (χ4v) is 3.02. The third-order valence-electron chi connectivity index (χ3n) is 4.02. The summed E-state index contributed by atoms with van der Waals surface area (Å²) in [7, 11) is 0. The molecule has 0 aromatic heterocycles. The number of amides is 2. The highest BCUT2D eigenvalue weighted by molar-refractivity contribution is 6.06. The van der Waals surface area contributed by atoms with Crippen molar-refractivity contribution >= 4 is 23.2 Å². The van der Waals surface area contributed by atoms with Gasteiger partial charge in [-0.2, -0.15) is 0 Å². The van der Waals surface area contributed by atoms with Crippen molar-refractivity contribution < 1.29 is 9.59 Å². The molecule has 2 heterocycles. The first kappa shape index (κ1) is 12.2. The first-order valence-corrected chi connectivity index (χ1v) is 6.90. The molecule has 2 amide bonds. The van der Waals surface area contributed by atoms with Crippen LogP contribution in [-0.2, 0) is 16.0 Å². The van der Waals surface area contributed by atoms with Crippen LogP contribution in [0.5, 0.6) is 0 Å². The van der Waals surface area contributed by atoms with Gasteiger partial charge in [-0.15, -0.1) is 0 Å². The molecule has 3 rings (SSSR count). The first-order chi connectivity index (χ1) is 9.11. The van der Waals surface area contributed by atoms with Crippen LogP contribution in [0.25, 0.3) is 0 Å². The zero-order valence-corrected chi connectivity index (χ0v) is 11.3. The number of carbonyl (C=O) groups is 2. The van der Waals surface area contributed by atoms with Gasteiger partial charge in [-0.1, -0.05) is 6.92 Å². The lowest BCUT2D eigenvalue weighted by molar-refractivity contribution is -0.119. The Morgan fingerprint density at radius 3 is 3.00 bits per heavy atom. The van der Waals surface area contributed by atoms with Crippen molar-refractivity contribution in [2.75, 3.05) is 16.8 Å². The lowest BCUT2D eigenvalue weighted by atomic mass is 9.96. The van der Waals surface area contributed by atoms with Crippen LogP contribution in [0.4, 0.5) is 11.4 Å². The number of hydrogen-bond donors (Lipinski definition) is 1. The number of aryl methyl sites for hydroxylation is 1. The Balaban J connectivity index is 2.06. The summed E-state index contributed by atoms with van der Waals surface area (Å²) >= 11 is 0. The summed E-state index contributed by atoms with van der Waals surface area (Å²) < 4.78 is 0. The Labute approximate surface area is 112 Å². The lowest BCUT2D eigenvalue weighted by Gasteiger charge is -2.26. The zero-order chi connectivity index (χ0) is 13.6. The maximum absolute atomic E-state index is 12.2. The van der Waals surface area contributed by atoms with Crippen molar-refractivity contribution in [1.82, 2.24) is 0 Å². The van der Waals surface area contributed by atoms with Crippen LogP contribution < -0.4 is 10.2 Å². The van der Waals surface area contributed by atoms with Crippen molar-refractivity contribution in [3.8, 4) is 0 Å². The number of nitrogens with one attached hydrogen (secondary N) is 1. The SMILES string of the molecule is CCC(=O)Nc1cc2c3c(c1)[C@@H](C)C(=O)N3CCC2. The highest BCUT2D eigenvalue weighted by atomic mass is 16.2. The minimum atomic E-state index is -0.0923. The van der Waals surface area contributed by atoms with Gasteiger partial charge < -0.3 is 10.2 Å². The second-order valence-electron chi connectivity index (χ2n) is 5.29. The Morgan fingerprint density at radius 2 is 2.26 bits per heavy atom. The molecule has 19 heavy (non-hydrogen) atoms. The van der Waals surface area contributed by atoms with Crippen LogP contribution in [0.3, 0.4) is 0 Å². The van der Waals surface area contributed by atoms with Crippen LogP contribution in [0.1, 0.15) is 43.7 Å². The van der Waals surface area contributed by atoms with Gasteiger partial charge in [-0.05, 0) is 43.0 Å². The van der Waals surface area contributed by atoms with Crippen molar-refractivity contribution in [3.05, 3.63) is 23.3 Å². The minimum Gasteiger partial charge on any atom is -0.326 e. The molecule has 0 aliphatic carbocycles. The van der Waals surface area contributed by atoms with Gasteiger partial charge in [-0.3, -0.25) is 9.59 Å². The monoisotopic (exact) mass is 258 g/mol. The molecule has 4 nitrogen and oxygen atoms in total. The van der Waals surface area contributed by atoms with Crippen molar-refractivity contribution in [2.24, 2.45) is 0 Å². The van der Waals surface area contributed by atoms with E-state index in [1.54, 1.807) is 0 Å². The van der Waals surface area contributed by atoms with Gasteiger partial charge >= 0.3 is 0 Å². The molecule has 0 saturated heterocycles. The van der Waals surface area contributed by atoms with E-state index in [1.165, 1.54) is 5.56 Å². The molecule has 4 heteroatoms. The second-order valence-corrected chi connectivity index (χ2v) is 5.29. The molecule has 0 spiro atoms. The fraction of sp³-hybridized carbons (Fsp3) is 0.467.